The molecule has 33 heavy (non-hydrogen) atoms. The van der Waals surface area contributed by atoms with E-state index < -0.39 is 12.6 Å². The van der Waals surface area contributed by atoms with Crippen molar-refractivity contribution in [3.63, 3.8) is 0 Å². The minimum atomic E-state index is -0.650. The van der Waals surface area contributed by atoms with Crippen molar-refractivity contribution in [1.29, 1.82) is 0 Å². The molecule has 1 saturated heterocycles. The Morgan fingerprint density at radius 3 is 2.48 bits per heavy atom. The number of hydrogen-bond donors (Lipinski definition) is 1. The van der Waals surface area contributed by atoms with E-state index in [-0.39, 0.29) is 31.0 Å². The second-order valence-corrected chi connectivity index (χ2v) is 8.67. The summed E-state index contributed by atoms with van der Waals surface area (Å²) >= 11 is 0. The Labute approximate surface area is 197 Å². The number of aliphatic hydroxyl groups is 1. The molecule has 1 aliphatic rings. The summed E-state index contributed by atoms with van der Waals surface area (Å²) in [5, 5.41) is 8.96. The summed E-state index contributed by atoms with van der Waals surface area (Å²) in [5.41, 5.74) is 2.24. The van der Waals surface area contributed by atoms with Gasteiger partial charge in [-0.05, 0) is 30.4 Å². The lowest BCUT2D eigenvalue weighted by Crippen LogP contribution is -2.32. The van der Waals surface area contributed by atoms with E-state index in [0.717, 1.165) is 31.6 Å². The number of benzene rings is 1. The summed E-state index contributed by atoms with van der Waals surface area (Å²) in [5.74, 6) is -0.321. The van der Waals surface area contributed by atoms with Crippen LogP contribution in [0.25, 0.3) is 0 Å². The number of hydrogen-bond acceptors (Lipinski definition) is 7. The number of rotatable bonds is 16. The van der Waals surface area contributed by atoms with E-state index in [1.807, 2.05) is 12.1 Å². The fraction of sp³-hybridized carbons (Fsp3) is 0.615. The number of esters is 1. The SMILES string of the molecule is C=C(CO)C(=O)OCC(COC=O)Cc1ccc(CCC2OCC(CCCCC)CO2)cc1. The summed E-state index contributed by atoms with van der Waals surface area (Å²) in [7, 11) is 0. The summed E-state index contributed by atoms with van der Waals surface area (Å²) in [4.78, 5) is 22.3. The van der Waals surface area contributed by atoms with Gasteiger partial charge in [0.1, 0.15) is 0 Å². The maximum absolute atomic E-state index is 11.7. The molecule has 184 valence electrons. The molecule has 1 aromatic rings. The van der Waals surface area contributed by atoms with Crippen molar-refractivity contribution in [2.24, 2.45) is 11.8 Å². The molecule has 0 aliphatic carbocycles. The minimum Gasteiger partial charge on any atom is -0.467 e. The largest absolute Gasteiger partial charge is 0.467 e. The van der Waals surface area contributed by atoms with Crippen molar-refractivity contribution in [2.45, 2.75) is 58.2 Å². The van der Waals surface area contributed by atoms with Crippen molar-refractivity contribution < 1.29 is 33.6 Å². The topological polar surface area (TPSA) is 91.3 Å². The van der Waals surface area contributed by atoms with Gasteiger partial charge < -0.3 is 24.1 Å². The molecule has 1 atom stereocenters. The maximum Gasteiger partial charge on any atom is 0.335 e. The molecule has 0 amide bonds. The van der Waals surface area contributed by atoms with Crippen molar-refractivity contribution in [3.05, 3.63) is 47.5 Å². The minimum absolute atomic E-state index is 0.00709. The molecule has 2 rings (SSSR count). The van der Waals surface area contributed by atoms with Crippen LogP contribution in [-0.2, 0) is 41.4 Å². The van der Waals surface area contributed by atoms with Crippen LogP contribution in [0.3, 0.4) is 0 Å². The second-order valence-electron chi connectivity index (χ2n) is 8.67. The molecule has 7 heteroatoms. The Morgan fingerprint density at radius 2 is 1.85 bits per heavy atom. The Kier molecular flexibility index (Phi) is 12.8. The van der Waals surface area contributed by atoms with Crippen molar-refractivity contribution in [2.75, 3.05) is 33.0 Å². The molecule has 1 heterocycles. The highest BCUT2D eigenvalue weighted by Crippen LogP contribution is 2.21. The van der Waals surface area contributed by atoms with Gasteiger partial charge in [-0.2, -0.15) is 0 Å². The summed E-state index contributed by atoms with van der Waals surface area (Å²) < 4.78 is 21.8. The molecule has 1 N–H and O–H groups in total. The zero-order valence-electron chi connectivity index (χ0n) is 19.7. The predicted octanol–water partition coefficient (Wildman–Crippen LogP) is 3.61. The third kappa shape index (κ3) is 10.5. The lowest BCUT2D eigenvalue weighted by Gasteiger charge is -2.29. The van der Waals surface area contributed by atoms with Crippen LogP contribution in [-0.4, -0.2) is 56.9 Å². The first-order valence-electron chi connectivity index (χ1n) is 11.9. The first-order chi connectivity index (χ1) is 16.0. The van der Waals surface area contributed by atoms with Gasteiger partial charge in [0.25, 0.3) is 6.47 Å². The first kappa shape index (κ1) is 27.0. The van der Waals surface area contributed by atoms with Crippen LogP contribution in [0, 0.1) is 11.8 Å². The monoisotopic (exact) mass is 462 g/mol. The molecule has 1 aromatic carbocycles. The van der Waals surface area contributed by atoms with Gasteiger partial charge in [-0.25, -0.2) is 4.79 Å². The van der Waals surface area contributed by atoms with E-state index in [4.69, 9.17) is 24.1 Å². The molecule has 0 bridgehead atoms. The quantitative estimate of drug-likeness (QED) is 0.174. The van der Waals surface area contributed by atoms with Crippen LogP contribution in [0.1, 0.15) is 50.2 Å². The highest BCUT2D eigenvalue weighted by molar-refractivity contribution is 5.87. The molecule has 1 aliphatic heterocycles. The molecule has 0 saturated carbocycles. The predicted molar refractivity (Wildman–Crippen MR) is 124 cm³/mol. The second kappa shape index (κ2) is 15.6. The van der Waals surface area contributed by atoms with Crippen LogP contribution < -0.4 is 0 Å². The van der Waals surface area contributed by atoms with Gasteiger partial charge in [-0.15, -0.1) is 0 Å². The van der Waals surface area contributed by atoms with Crippen LogP contribution in [0.2, 0.25) is 0 Å². The molecular weight excluding hydrogens is 424 g/mol. The number of unbranched alkanes of at least 4 members (excludes halogenated alkanes) is 2. The van der Waals surface area contributed by atoms with E-state index >= 15 is 0 Å². The molecular formula is C26H38O7. The molecule has 0 spiro atoms. The summed E-state index contributed by atoms with van der Waals surface area (Å²) in [6.07, 6.45) is 7.06. The van der Waals surface area contributed by atoms with Crippen LogP contribution >= 0.6 is 0 Å². The zero-order chi connectivity index (χ0) is 23.9. The van der Waals surface area contributed by atoms with Crippen LogP contribution in [0.5, 0.6) is 0 Å². The number of carbonyl (C=O) groups excluding carboxylic acids is 2. The highest BCUT2D eigenvalue weighted by Gasteiger charge is 2.21. The Hall–Kier alpha value is -2.22. The number of carbonyl (C=O) groups is 2. The van der Waals surface area contributed by atoms with E-state index in [9.17, 15) is 9.59 Å². The van der Waals surface area contributed by atoms with Gasteiger partial charge in [0.05, 0.1) is 38.6 Å². The molecule has 7 nitrogen and oxygen atoms in total. The fourth-order valence-corrected chi connectivity index (χ4v) is 3.76. The Balaban J connectivity index is 1.75. The molecule has 0 aromatic heterocycles. The average Bonchev–Trinajstić information content (AvgIpc) is 2.85. The summed E-state index contributed by atoms with van der Waals surface area (Å²) in [6, 6.07) is 8.21. The Morgan fingerprint density at radius 1 is 1.15 bits per heavy atom. The number of aryl methyl sites for hydroxylation is 1. The van der Waals surface area contributed by atoms with E-state index in [0.29, 0.717) is 18.8 Å². The Bertz CT molecular complexity index is 708. The first-order valence-corrected chi connectivity index (χ1v) is 11.9. The lowest BCUT2D eigenvalue weighted by atomic mass is 9.98. The van der Waals surface area contributed by atoms with Gasteiger partial charge in [0.15, 0.2) is 6.29 Å². The summed E-state index contributed by atoms with van der Waals surface area (Å²) in [6.45, 7) is 7.37. The van der Waals surface area contributed by atoms with Crippen molar-refractivity contribution in [3.8, 4) is 0 Å². The van der Waals surface area contributed by atoms with Crippen LogP contribution in [0.15, 0.2) is 36.4 Å². The maximum atomic E-state index is 11.7. The lowest BCUT2D eigenvalue weighted by molar-refractivity contribution is -0.203. The normalized spacial score (nSPS) is 19.0. The zero-order valence-corrected chi connectivity index (χ0v) is 19.7. The molecule has 0 radical (unpaired) electrons. The number of aliphatic hydroxyl groups excluding tert-OH is 1. The standard InChI is InChI=1S/C26H38O7/c1-3-4-5-6-23-16-31-25(32-17-23)12-11-21-7-9-22(10-8-21)13-24(15-30-19-28)18-33-26(29)20(2)14-27/h7-10,19,23-25,27H,2-6,11-18H2,1H3. The van der Waals surface area contributed by atoms with Gasteiger partial charge in [0, 0.05) is 18.3 Å². The average molecular weight is 463 g/mol. The molecule has 1 unspecified atom stereocenters. The fourth-order valence-electron chi connectivity index (χ4n) is 3.76. The van der Waals surface area contributed by atoms with Crippen molar-refractivity contribution in [1.82, 2.24) is 0 Å². The third-order valence-electron chi connectivity index (χ3n) is 5.80. The molecule has 1 fully saturated rings. The highest BCUT2D eigenvalue weighted by atomic mass is 16.7. The van der Waals surface area contributed by atoms with Gasteiger partial charge in [0.2, 0.25) is 0 Å². The van der Waals surface area contributed by atoms with E-state index in [1.54, 1.807) is 0 Å². The van der Waals surface area contributed by atoms with E-state index in [2.05, 4.69) is 25.6 Å². The third-order valence-corrected chi connectivity index (χ3v) is 5.80. The number of ether oxygens (including phenoxy) is 4. The van der Waals surface area contributed by atoms with Gasteiger partial charge in [-0.1, -0.05) is 57.0 Å². The van der Waals surface area contributed by atoms with E-state index in [1.165, 1.54) is 31.2 Å². The van der Waals surface area contributed by atoms with Gasteiger partial charge in [-0.3, -0.25) is 4.79 Å². The van der Waals surface area contributed by atoms with Crippen molar-refractivity contribution >= 4 is 12.4 Å². The van der Waals surface area contributed by atoms with Gasteiger partial charge >= 0.3 is 5.97 Å². The smallest absolute Gasteiger partial charge is 0.335 e. The van der Waals surface area contributed by atoms with Crippen LogP contribution in [0.4, 0.5) is 0 Å².